The first-order valence-electron chi connectivity index (χ1n) is 6.74. The number of hydrogen-bond donors (Lipinski definition) is 1. The topological polar surface area (TPSA) is 89.9 Å². The summed E-state index contributed by atoms with van der Waals surface area (Å²) in [7, 11) is 0. The number of nitrogens with zero attached hydrogens (tertiary/aromatic N) is 4. The van der Waals surface area contributed by atoms with Gasteiger partial charge in [0.05, 0.1) is 17.4 Å². The van der Waals surface area contributed by atoms with E-state index in [-0.39, 0.29) is 5.91 Å². The second-order valence-corrected chi connectivity index (χ2v) is 6.40. The van der Waals surface area contributed by atoms with Crippen molar-refractivity contribution in [2.45, 2.75) is 20.5 Å². The lowest BCUT2D eigenvalue weighted by molar-refractivity contribution is 0.102. The van der Waals surface area contributed by atoms with Gasteiger partial charge in [-0.25, -0.2) is 0 Å². The van der Waals surface area contributed by atoms with Crippen LogP contribution in [-0.2, 0) is 6.61 Å². The molecule has 23 heavy (non-hydrogen) atoms. The Labute approximate surface area is 140 Å². The third-order valence-corrected chi connectivity index (χ3v) is 4.38. The fraction of sp³-hybridized carbons (Fsp3) is 0.214. The summed E-state index contributed by atoms with van der Waals surface area (Å²) in [4.78, 5) is 12.2. The predicted molar refractivity (Wildman–Crippen MR) is 88.0 cm³/mol. The molecule has 0 aliphatic rings. The summed E-state index contributed by atoms with van der Waals surface area (Å²) >= 11 is 2.48. The molecule has 1 aromatic carbocycles. The highest BCUT2D eigenvalue weighted by molar-refractivity contribution is 7.15. The minimum absolute atomic E-state index is 0.252. The largest absolute Gasteiger partial charge is 0.487 e. The maximum Gasteiger partial charge on any atom is 0.257 e. The Kier molecular flexibility index (Phi) is 4.58. The number of anilines is 1. The van der Waals surface area contributed by atoms with Gasteiger partial charge in [-0.3, -0.25) is 10.1 Å². The zero-order chi connectivity index (χ0) is 16.2. The van der Waals surface area contributed by atoms with Crippen LogP contribution in [0.1, 0.15) is 26.8 Å². The molecule has 118 valence electrons. The Hall–Kier alpha value is -2.39. The van der Waals surface area contributed by atoms with Crippen molar-refractivity contribution in [3.8, 4) is 5.75 Å². The molecule has 0 saturated heterocycles. The second kappa shape index (κ2) is 6.80. The number of amides is 1. The van der Waals surface area contributed by atoms with E-state index in [1.807, 2.05) is 13.8 Å². The van der Waals surface area contributed by atoms with E-state index >= 15 is 0 Å². The lowest BCUT2D eigenvalue weighted by Crippen LogP contribution is -2.11. The number of benzene rings is 1. The van der Waals surface area contributed by atoms with Gasteiger partial charge in [0, 0.05) is 5.56 Å². The summed E-state index contributed by atoms with van der Waals surface area (Å²) in [5.74, 6) is 0.344. The number of nitrogens with one attached hydrogen (secondary N) is 1. The zero-order valence-electron chi connectivity index (χ0n) is 12.4. The van der Waals surface area contributed by atoms with E-state index in [1.54, 1.807) is 24.3 Å². The molecular weight excluding hydrogens is 334 g/mol. The van der Waals surface area contributed by atoms with E-state index in [2.05, 4.69) is 24.3 Å². The highest BCUT2D eigenvalue weighted by atomic mass is 32.1. The van der Waals surface area contributed by atoms with E-state index in [0.717, 1.165) is 28.1 Å². The van der Waals surface area contributed by atoms with E-state index in [0.29, 0.717) is 23.1 Å². The maximum absolute atomic E-state index is 12.2. The molecule has 3 aromatic rings. The van der Waals surface area contributed by atoms with Gasteiger partial charge in [0.2, 0.25) is 5.13 Å². The normalized spacial score (nSPS) is 10.5. The molecule has 9 heteroatoms. The molecule has 0 radical (unpaired) electrons. The Morgan fingerprint density at radius 2 is 2.13 bits per heavy atom. The number of ether oxygens (including phenoxy) is 1. The van der Waals surface area contributed by atoms with Gasteiger partial charge in [-0.1, -0.05) is 17.4 Å². The van der Waals surface area contributed by atoms with Crippen LogP contribution in [-0.4, -0.2) is 24.9 Å². The van der Waals surface area contributed by atoms with Crippen LogP contribution < -0.4 is 10.1 Å². The molecule has 0 atom stereocenters. The predicted octanol–water partition coefficient (Wildman–Crippen LogP) is 2.84. The van der Waals surface area contributed by atoms with Gasteiger partial charge in [-0.2, -0.15) is 8.75 Å². The summed E-state index contributed by atoms with van der Waals surface area (Å²) < 4.78 is 13.9. The molecule has 7 nitrogen and oxygen atoms in total. The monoisotopic (exact) mass is 347 g/mol. The summed E-state index contributed by atoms with van der Waals surface area (Å²) in [6.45, 7) is 4.04. The van der Waals surface area contributed by atoms with Crippen molar-refractivity contribution in [3.05, 3.63) is 46.2 Å². The van der Waals surface area contributed by atoms with Gasteiger partial charge in [0.1, 0.15) is 23.1 Å². The van der Waals surface area contributed by atoms with E-state index in [9.17, 15) is 4.79 Å². The second-order valence-electron chi connectivity index (χ2n) is 4.69. The van der Waals surface area contributed by atoms with Crippen molar-refractivity contribution in [3.63, 3.8) is 0 Å². The first-order valence-corrected chi connectivity index (χ1v) is 8.29. The van der Waals surface area contributed by atoms with Crippen LogP contribution in [0.3, 0.4) is 0 Å². The molecule has 0 spiro atoms. The average Bonchev–Trinajstić information content (AvgIpc) is 3.14. The van der Waals surface area contributed by atoms with Crippen LogP contribution in [0.5, 0.6) is 5.75 Å². The molecule has 0 aliphatic heterocycles. The summed E-state index contributed by atoms with van der Waals surface area (Å²) in [5.41, 5.74) is 2.15. The number of carbonyl (C=O) groups is 1. The number of hydrogen-bond acceptors (Lipinski definition) is 8. The number of aryl methyl sites for hydroxylation is 2. The van der Waals surface area contributed by atoms with Crippen molar-refractivity contribution < 1.29 is 9.53 Å². The number of rotatable bonds is 5. The maximum atomic E-state index is 12.2. The van der Waals surface area contributed by atoms with Crippen LogP contribution >= 0.6 is 23.1 Å². The third kappa shape index (κ3) is 3.88. The Balaban J connectivity index is 1.67. The van der Waals surface area contributed by atoms with Crippen molar-refractivity contribution in [1.82, 2.24) is 18.9 Å². The van der Waals surface area contributed by atoms with Crippen LogP contribution in [0.15, 0.2) is 24.3 Å². The smallest absolute Gasteiger partial charge is 0.257 e. The molecule has 1 amide bonds. The van der Waals surface area contributed by atoms with Gasteiger partial charge >= 0.3 is 0 Å². The number of carbonyl (C=O) groups excluding carboxylic acids is 1. The van der Waals surface area contributed by atoms with Gasteiger partial charge in [-0.05, 0) is 32.0 Å². The molecule has 2 aromatic heterocycles. The average molecular weight is 347 g/mol. The molecule has 3 rings (SSSR count). The standard InChI is InChI=1S/C14H13N5O2S2/c1-8-12(19-23-18-8)7-21-11-5-3-4-10(6-11)13(20)15-14-17-16-9(2)22-14/h3-6H,7H2,1-2H3,(H,15,17,20). The Morgan fingerprint density at radius 3 is 2.83 bits per heavy atom. The minimum Gasteiger partial charge on any atom is -0.487 e. The fourth-order valence-corrected chi connectivity index (χ4v) is 2.91. The highest BCUT2D eigenvalue weighted by Gasteiger charge is 2.11. The van der Waals surface area contributed by atoms with Crippen molar-refractivity contribution in [2.75, 3.05) is 5.32 Å². The molecule has 0 unspecified atom stereocenters. The van der Waals surface area contributed by atoms with E-state index in [1.165, 1.54) is 11.3 Å². The Bertz CT molecular complexity index is 830. The fourth-order valence-electron chi connectivity index (χ4n) is 1.78. The molecule has 0 bridgehead atoms. The quantitative estimate of drug-likeness (QED) is 0.763. The van der Waals surface area contributed by atoms with Gasteiger partial charge in [0.15, 0.2) is 0 Å². The first-order chi connectivity index (χ1) is 11.1. The van der Waals surface area contributed by atoms with Crippen molar-refractivity contribution >= 4 is 34.1 Å². The van der Waals surface area contributed by atoms with Crippen LogP contribution in [0, 0.1) is 13.8 Å². The zero-order valence-corrected chi connectivity index (χ0v) is 14.1. The van der Waals surface area contributed by atoms with Gasteiger partial charge in [0.25, 0.3) is 5.91 Å². The lowest BCUT2D eigenvalue weighted by atomic mass is 10.2. The molecule has 0 saturated carbocycles. The minimum atomic E-state index is -0.252. The molecule has 2 heterocycles. The molecule has 0 aliphatic carbocycles. The van der Waals surface area contributed by atoms with Crippen LogP contribution in [0.25, 0.3) is 0 Å². The van der Waals surface area contributed by atoms with Crippen molar-refractivity contribution in [2.24, 2.45) is 0 Å². The van der Waals surface area contributed by atoms with Crippen LogP contribution in [0.4, 0.5) is 5.13 Å². The Morgan fingerprint density at radius 1 is 1.26 bits per heavy atom. The SMILES string of the molecule is Cc1nnc(NC(=O)c2cccc(OCc3nsnc3C)c2)s1. The summed E-state index contributed by atoms with van der Waals surface area (Å²) in [6.07, 6.45) is 0. The van der Waals surface area contributed by atoms with Gasteiger partial charge in [-0.15, -0.1) is 10.2 Å². The van der Waals surface area contributed by atoms with E-state index < -0.39 is 0 Å². The van der Waals surface area contributed by atoms with Crippen LogP contribution in [0.2, 0.25) is 0 Å². The molecular formula is C14H13N5O2S2. The lowest BCUT2D eigenvalue weighted by Gasteiger charge is -2.07. The van der Waals surface area contributed by atoms with E-state index in [4.69, 9.17) is 4.74 Å². The van der Waals surface area contributed by atoms with Crippen molar-refractivity contribution in [1.29, 1.82) is 0 Å². The summed E-state index contributed by atoms with van der Waals surface area (Å²) in [6, 6.07) is 6.95. The third-order valence-electron chi connectivity index (χ3n) is 2.96. The van der Waals surface area contributed by atoms with Gasteiger partial charge < -0.3 is 4.74 Å². The number of aromatic nitrogens is 4. The molecule has 1 N–H and O–H groups in total. The summed E-state index contributed by atoms with van der Waals surface area (Å²) in [5, 5.41) is 11.7. The molecule has 0 fully saturated rings. The highest BCUT2D eigenvalue weighted by Crippen LogP contribution is 2.18. The first kappa shape index (κ1) is 15.5.